The zero-order valence-corrected chi connectivity index (χ0v) is 16.5. The SMILES string of the molecule is Cc1ccc(CNC2=NS(=O)N=C2Nc2cccc(CC(=O)N(C)C)c2O)o1. The molecule has 0 saturated carbocycles. The van der Waals surface area contributed by atoms with Crippen LogP contribution in [0.2, 0.25) is 0 Å². The number of rotatable bonds is 5. The number of hydrogen-bond donors (Lipinski definition) is 3. The number of carbonyl (C=O) groups excluding carboxylic acids is 1. The van der Waals surface area contributed by atoms with Gasteiger partial charge in [-0.3, -0.25) is 4.79 Å². The second-order valence-corrected chi connectivity index (χ2v) is 7.21. The van der Waals surface area contributed by atoms with Gasteiger partial charge in [-0.05, 0) is 25.1 Å². The summed E-state index contributed by atoms with van der Waals surface area (Å²) in [5.41, 5.74) is 0.811. The Balaban J connectivity index is 1.73. The number of furan rings is 1. The van der Waals surface area contributed by atoms with E-state index in [-0.39, 0.29) is 23.9 Å². The van der Waals surface area contributed by atoms with Crippen molar-refractivity contribution in [2.75, 3.05) is 19.4 Å². The summed E-state index contributed by atoms with van der Waals surface area (Å²) in [6.45, 7) is 2.19. The van der Waals surface area contributed by atoms with E-state index in [1.54, 1.807) is 32.3 Å². The molecule has 2 aromatic rings. The number of nitrogens with zero attached hydrogens (tertiary/aromatic N) is 3. The number of carbonyl (C=O) groups is 1. The number of phenolic OH excluding ortho intramolecular Hbond substituents is 1. The molecule has 0 saturated heterocycles. The van der Waals surface area contributed by atoms with Gasteiger partial charge in [-0.15, -0.1) is 8.80 Å². The molecule has 10 heteroatoms. The summed E-state index contributed by atoms with van der Waals surface area (Å²) in [6.07, 6.45) is 0.0593. The maximum Gasteiger partial charge on any atom is 0.269 e. The van der Waals surface area contributed by atoms with Crippen molar-refractivity contribution in [3.63, 3.8) is 0 Å². The lowest BCUT2D eigenvalue weighted by atomic mass is 10.1. The van der Waals surface area contributed by atoms with Gasteiger partial charge in [-0.25, -0.2) is 4.21 Å². The van der Waals surface area contributed by atoms with E-state index in [2.05, 4.69) is 19.4 Å². The van der Waals surface area contributed by atoms with Gasteiger partial charge >= 0.3 is 0 Å². The summed E-state index contributed by atoms with van der Waals surface area (Å²) in [5, 5.41) is 16.5. The van der Waals surface area contributed by atoms with E-state index in [9.17, 15) is 14.1 Å². The number of para-hydroxylation sites is 1. The third-order valence-electron chi connectivity index (χ3n) is 4.00. The second kappa shape index (κ2) is 8.26. The molecule has 3 rings (SSSR count). The first-order valence-corrected chi connectivity index (χ1v) is 9.57. The molecule has 2 heterocycles. The topological polar surface area (TPSA) is 120 Å². The number of nitrogens with one attached hydrogen (secondary N) is 2. The highest BCUT2D eigenvalue weighted by molar-refractivity contribution is 7.83. The van der Waals surface area contributed by atoms with Crippen molar-refractivity contribution in [2.24, 2.45) is 8.80 Å². The predicted molar refractivity (Wildman–Crippen MR) is 107 cm³/mol. The number of phenols is 1. The number of aromatic hydroxyl groups is 1. The van der Waals surface area contributed by atoms with E-state index in [1.807, 2.05) is 19.1 Å². The van der Waals surface area contributed by atoms with Crippen LogP contribution in [0.1, 0.15) is 17.1 Å². The number of hydrogen-bond acceptors (Lipinski definition) is 6. The highest BCUT2D eigenvalue weighted by Gasteiger charge is 2.21. The predicted octanol–water partition coefficient (Wildman–Crippen LogP) is 1.52. The average Bonchev–Trinajstić information content (AvgIpc) is 3.21. The minimum absolute atomic E-state index is 0.0593. The highest BCUT2D eigenvalue weighted by Crippen LogP contribution is 2.28. The fraction of sp³-hybridized carbons (Fsp3) is 0.278. The van der Waals surface area contributed by atoms with Gasteiger partial charge in [0.1, 0.15) is 17.3 Å². The normalized spacial score (nSPS) is 15.8. The third kappa shape index (κ3) is 4.58. The number of amidine groups is 2. The Hall–Kier alpha value is -3.14. The lowest BCUT2D eigenvalue weighted by Gasteiger charge is -2.14. The van der Waals surface area contributed by atoms with Crippen LogP contribution in [0.15, 0.2) is 43.5 Å². The van der Waals surface area contributed by atoms with E-state index in [0.717, 1.165) is 5.76 Å². The van der Waals surface area contributed by atoms with Gasteiger partial charge in [0.05, 0.1) is 18.7 Å². The zero-order chi connectivity index (χ0) is 20.3. The van der Waals surface area contributed by atoms with E-state index in [1.165, 1.54) is 4.90 Å². The summed E-state index contributed by atoms with van der Waals surface area (Å²) in [4.78, 5) is 13.4. The average molecular weight is 403 g/mol. The van der Waals surface area contributed by atoms with Crippen molar-refractivity contribution >= 4 is 34.4 Å². The van der Waals surface area contributed by atoms with Crippen molar-refractivity contribution in [3.05, 3.63) is 47.4 Å². The van der Waals surface area contributed by atoms with Gasteiger partial charge in [-0.1, -0.05) is 12.1 Å². The van der Waals surface area contributed by atoms with Crippen molar-refractivity contribution in [3.8, 4) is 5.75 Å². The molecule has 1 unspecified atom stereocenters. The fourth-order valence-corrected chi connectivity index (χ4v) is 3.13. The molecule has 1 aliphatic heterocycles. The van der Waals surface area contributed by atoms with Gasteiger partial charge in [0.15, 0.2) is 11.7 Å². The number of anilines is 1. The first-order valence-electron chi connectivity index (χ1n) is 8.50. The van der Waals surface area contributed by atoms with Crippen LogP contribution < -0.4 is 10.6 Å². The second-order valence-electron chi connectivity index (χ2n) is 6.38. The monoisotopic (exact) mass is 403 g/mol. The summed E-state index contributed by atoms with van der Waals surface area (Å²) < 4.78 is 25.1. The lowest BCUT2D eigenvalue weighted by molar-refractivity contribution is -0.127. The molecule has 1 aliphatic rings. The first-order chi connectivity index (χ1) is 13.3. The van der Waals surface area contributed by atoms with E-state index in [4.69, 9.17) is 4.42 Å². The molecule has 9 nitrogen and oxygen atoms in total. The molecule has 1 aromatic carbocycles. The Morgan fingerprint density at radius 2 is 1.96 bits per heavy atom. The van der Waals surface area contributed by atoms with Gasteiger partial charge in [-0.2, -0.15) is 0 Å². The first kappa shape index (κ1) is 19.6. The number of likely N-dealkylation sites (N-methyl/N-ethyl adjacent to an activating group) is 1. The molecule has 3 N–H and O–H groups in total. The molecular formula is C18H21N5O4S. The largest absolute Gasteiger partial charge is 0.505 e. The molecule has 28 heavy (non-hydrogen) atoms. The molecule has 148 valence electrons. The molecule has 1 atom stereocenters. The minimum Gasteiger partial charge on any atom is -0.505 e. The van der Waals surface area contributed by atoms with Gasteiger partial charge < -0.3 is 25.1 Å². The minimum atomic E-state index is -1.76. The van der Waals surface area contributed by atoms with Gasteiger partial charge in [0.2, 0.25) is 5.91 Å². The zero-order valence-electron chi connectivity index (χ0n) is 15.7. The van der Waals surface area contributed by atoms with E-state index >= 15 is 0 Å². The quantitative estimate of drug-likeness (QED) is 0.651. The summed E-state index contributed by atoms with van der Waals surface area (Å²) in [5.74, 6) is 1.80. The van der Waals surface area contributed by atoms with Crippen LogP contribution >= 0.6 is 0 Å². The number of aryl methyl sites for hydroxylation is 1. The highest BCUT2D eigenvalue weighted by atomic mass is 32.2. The molecule has 0 bridgehead atoms. The van der Waals surface area contributed by atoms with Crippen molar-refractivity contribution in [2.45, 2.75) is 19.9 Å². The molecule has 1 amide bonds. The fourth-order valence-electron chi connectivity index (χ4n) is 2.50. The summed E-state index contributed by atoms with van der Waals surface area (Å²) >= 11 is -1.76. The maximum absolute atomic E-state index is 11.9. The van der Waals surface area contributed by atoms with Gasteiger partial charge in [0, 0.05) is 19.7 Å². The van der Waals surface area contributed by atoms with Crippen LogP contribution in [0.5, 0.6) is 5.75 Å². The smallest absolute Gasteiger partial charge is 0.269 e. The van der Waals surface area contributed by atoms with Crippen LogP contribution in [0, 0.1) is 6.92 Å². The number of benzene rings is 1. The Bertz CT molecular complexity index is 980. The molecule has 1 aromatic heterocycles. The van der Waals surface area contributed by atoms with Crippen LogP contribution in [0.3, 0.4) is 0 Å². The third-order valence-corrected chi connectivity index (χ3v) is 4.68. The molecule has 0 radical (unpaired) electrons. The summed E-state index contributed by atoms with van der Waals surface area (Å²) in [6, 6.07) is 8.69. The lowest BCUT2D eigenvalue weighted by Crippen LogP contribution is -2.33. The molecule has 0 spiro atoms. The van der Waals surface area contributed by atoms with E-state index < -0.39 is 11.2 Å². The Morgan fingerprint density at radius 3 is 2.64 bits per heavy atom. The molecule has 0 fully saturated rings. The standard InChI is InChI=1S/C18H21N5O4S/c1-11-7-8-13(27-11)10-19-17-18(22-28(26)21-17)20-14-6-4-5-12(16(14)25)9-15(24)23(2)3/h4-8,25H,9-10H2,1-3H3,(H,19,21)(H,20,22). The molecular weight excluding hydrogens is 382 g/mol. The van der Waals surface area contributed by atoms with Crippen molar-refractivity contribution < 1.29 is 18.5 Å². The summed E-state index contributed by atoms with van der Waals surface area (Å²) in [7, 11) is 3.30. The van der Waals surface area contributed by atoms with Crippen LogP contribution in [-0.4, -0.2) is 45.9 Å². The number of amides is 1. The molecule has 0 aliphatic carbocycles. The van der Waals surface area contributed by atoms with Crippen LogP contribution in [0.25, 0.3) is 0 Å². The van der Waals surface area contributed by atoms with Crippen molar-refractivity contribution in [1.82, 2.24) is 10.2 Å². The van der Waals surface area contributed by atoms with Gasteiger partial charge in [0.25, 0.3) is 11.2 Å². The Kier molecular flexibility index (Phi) is 5.78. The van der Waals surface area contributed by atoms with Crippen molar-refractivity contribution in [1.29, 1.82) is 0 Å². The van der Waals surface area contributed by atoms with E-state index in [0.29, 0.717) is 29.4 Å². The van der Waals surface area contributed by atoms with Crippen LogP contribution in [-0.2, 0) is 28.9 Å². The Labute approximate surface area is 164 Å². The van der Waals surface area contributed by atoms with Crippen LogP contribution in [0.4, 0.5) is 5.69 Å². The maximum atomic E-state index is 11.9. The Morgan fingerprint density at radius 1 is 1.21 bits per heavy atom.